The number of anilines is 1. The molecule has 2 aromatic carbocycles. The first-order valence-corrected chi connectivity index (χ1v) is 9.61. The highest BCUT2D eigenvalue weighted by molar-refractivity contribution is 6.03. The van der Waals surface area contributed by atoms with Crippen LogP contribution < -0.4 is 15.5 Å². The summed E-state index contributed by atoms with van der Waals surface area (Å²) in [5.74, 6) is -0.487. The van der Waals surface area contributed by atoms with Crippen molar-refractivity contribution in [2.24, 2.45) is 0 Å². The highest BCUT2D eigenvalue weighted by atomic mass is 16.5. The van der Waals surface area contributed by atoms with E-state index in [-0.39, 0.29) is 5.43 Å². The molecular formula is C24H19NO6. The Labute approximate surface area is 177 Å². The standard InChI is InChI=1S/C24H19NO6/c1-30-17-6-2-14(3-7-17)12-15-4-8-19-23(29)18-9-5-16(13-20(18)31-24(15)19)25-21(26)10-11-22(27)28/h2-3,5-7,9-13H,4,8H2,1H3,(H,25,26)(H,27,28). The van der Waals surface area contributed by atoms with Gasteiger partial charge in [0.15, 0.2) is 5.43 Å². The maximum Gasteiger partial charge on any atom is 0.328 e. The number of hydrogen-bond donors (Lipinski definition) is 2. The smallest absolute Gasteiger partial charge is 0.328 e. The van der Waals surface area contributed by atoms with Gasteiger partial charge in [0.25, 0.3) is 0 Å². The molecule has 156 valence electrons. The average Bonchev–Trinajstić information content (AvgIpc) is 3.15. The molecule has 0 bridgehead atoms. The molecule has 0 radical (unpaired) electrons. The Morgan fingerprint density at radius 1 is 1.10 bits per heavy atom. The number of ether oxygens (including phenoxy) is 1. The number of benzene rings is 2. The number of fused-ring (bicyclic) bond motifs is 2. The number of carboxylic acid groups (broad SMARTS) is 1. The minimum absolute atomic E-state index is 0.0852. The predicted octanol–water partition coefficient (Wildman–Crippen LogP) is 3.87. The van der Waals surface area contributed by atoms with Crippen LogP contribution in [0.1, 0.15) is 23.3 Å². The maximum atomic E-state index is 12.9. The van der Waals surface area contributed by atoms with E-state index in [4.69, 9.17) is 14.3 Å². The van der Waals surface area contributed by atoms with Crippen LogP contribution in [-0.4, -0.2) is 24.1 Å². The molecule has 2 N–H and O–H groups in total. The minimum Gasteiger partial charge on any atom is -0.497 e. The quantitative estimate of drug-likeness (QED) is 0.611. The second-order valence-electron chi connectivity index (χ2n) is 7.05. The number of hydrogen-bond acceptors (Lipinski definition) is 5. The lowest BCUT2D eigenvalue weighted by molar-refractivity contribution is -0.131. The van der Waals surface area contributed by atoms with E-state index < -0.39 is 11.9 Å². The van der Waals surface area contributed by atoms with E-state index in [1.54, 1.807) is 25.3 Å². The van der Waals surface area contributed by atoms with Gasteiger partial charge in [-0.05, 0) is 54.3 Å². The predicted molar refractivity (Wildman–Crippen MR) is 117 cm³/mol. The number of amides is 1. The fraction of sp³-hybridized carbons (Fsp3) is 0.125. The summed E-state index contributed by atoms with van der Waals surface area (Å²) in [5, 5.41) is 11.6. The van der Waals surface area contributed by atoms with Gasteiger partial charge in [0.05, 0.1) is 12.5 Å². The largest absolute Gasteiger partial charge is 0.497 e. The second-order valence-corrected chi connectivity index (χ2v) is 7.05. The summed E-state index contributed by atoms with van der Waals surface area (Å²) in [7, 11) is 1.61. The van der Waals surface area contributed by atoms with Crippen LogP contribution in [0, 0.1) is 0 Å². The lowest BCUT2D eigenvalue weighted by Gasteiger charge is -2.07. The van der Waals surface area contributed by atoms with Crippen molar-refractivity contribution in [3.8, 4) is 5.75 Å². The molecule has 4 rings (SSSR count). The lowest BCUT2D eigenvalue weighted by Crippen LogP contribution is -2.11. The fourth-order valence-corrected chi connectivity index (χ4v) is 3.54. The Hall–Kier alpha value is -4.13. The first-order valence-electron chi connectivity index (χ1n) is 9.61. The SMILES string of the molecule is COc1ccc(C=C2CCc3c2oc2cc(NC(=O)C=CC(=O)O)ccc2c3=O)cc1. The van der Waals surface area contributed by atoms with Crippen LogP contribution in [0.25, 0.3) is 22.6 Å². The van der Waals surface area contributed by atoms with E-state index in [1.165, 1.54) is 0 Å². The Morgan fingerprint density at radius 2 is 1.87 bits per heavy atom. The van der Waals surface area contributed by atoms with Crippen LogP contribution in [0.15, 0.2) is 63.8 Å². The minimum atomic E-state index is -1.22. The van der Waals surface area contributed by atoms with Crippen molar-refractivity contribution in [1.29, 1.82) is 0 Å². The molecule has 31 heavy (non-hydrogen) atoms. The number of rotatable bonds is 5. The molecular weight excluding hydrogens is 398 g/mol. The molecule has 1 aliphatic carbocycles. The normalized spacial score (nSPS) is 14.2. The van der Waals surface area contributed by atoms with Crippen LogP contribution >= 0.6 is 0 Å². The Kier molecular flexibility index (Phi) is 5.41. The number of nitrogens with one attached hydrogen (secondary N) is 1. The number of aliphatic carboxylic acids is 1. The number of carboxylic acids is 1. The van der Waals surface area contributed by atoms with Crippen LogP contribution in [-0.2, 0) is 16.0 Å². The van der Waals surface area contributed by atoms with Crippen molar-refractivity contribution in [3.05, 3.63) is 81.7 Å². The average molecular weight is 417 g/mol. The van der Waals surface area contributed by atoms with E-state index in [0.717, 1.165) is 29.0 Å². The lowest BCUT2D eigenvalue weighted by atomic mass is 10.1. The van der Waals surface area contributed by atoms with E-state index in [0.29, 0.717) is 40.8 Å². The first-order chi connectivity index (χ1) is 14.9. The van der Waals surface area contributed by atoms with Gasteiger partial charge in [0, 0.05) is 29.5 Å². The van der Waals surface area contributed by atoms with Crippen LogP contribution in [0.2, 0.25) is 0 Å². The highest BCUT2D eigenvalue weighted by Crippen LogP contribution is 2.34. The van der Waals surface area contributed by atoms with E-state index >= 15 is 0 Å². The Balaban J connectivity index is 1.69. The monoisotopic (exact) mass is 417 g/mol. The van der Waals surface area contributed by atoms with Gasteiger partial charge in [-0.25, -0.2) is 4.79 Å². The van der Waals surface area contributed by atoms with Gasteiger partial charge in [-0.15, -0.1) is 0 Å². The third-order valence-electron chi connectivity index (χ3n) is 5.02. The topological polar surface area (TPSA) is 106 Å². The molecule has 0 aliphatic heterocycles. The summed E-state index contributed by atoms with van der Waals surface area (Å²) < 4.78 is 11.3. The molecule has 7 heteroatoms. The molecule has 0 spiro atoms. The zero-order chi connectivity index (χ0) is 22.0. The Bertz CT molecular complexity index is 1300. The van der Waals surface area contributed by atoms with E-state index in [9.17, 15) is 14.4 Å². The van der Waals surface area contributed by atoms with Gasteiger partial charge in [-0.2, -0.15) is 0 Å². The molecule has 0 saturated carbocycles. The van der Waals surface area contributed by atoms with Gasteiger partial charge in [-0.3, -0.25) is 9.59 Å². The van der Waals surface area contributed by atoms with Gasteiger partial charge in [-0.1, -0.05) is 12.1 Å². The molecule has 3 aromatic rings. The van der Waals surface area contributed by atoms with Gasteiger partial charge >= 0.3 is 5.97 Å². The number of allylic oxidation sites excluding steroid dienone is 1. The molecule has 1 aliphatic rings. The summed E-state index contributed by atoms with van der Waals surface area (Å²) in [5.41, 5.74) is 3.21. The van der Waals surface area contributed by atoms with Gasteiger partial charge in [0.1, 0.15) is 17.1 Å². The zero-order valence-electron chi connectivity index (χ0n) is 16.7. The molecule has 7 nitrogen and oxygen atoms in total. The van der Waals surface area contributed by atoms with Gasteiger partial charge < -0.3 is 19.6 Å². The van der Waals surface area contributed by atoms with Crippen molar-refractivity contribution in [2.45, 2.75) is 12.8 Å². The second kappa shape index (κ2) is 8.31. The third kappa shape index (κ3) is 4.25. The van der Waals surface area contributed by atoms with Crippen LogP contribution in [0.3, 0.4) is 0 Å². The number of carbonyl (C=O) groups is 2. The molecule has 1 aromatic heterocycles. The summed E-state index contributed by atoms with van der Waals surface area (Å²) in [4.78, 5) is 35.3. The Morgan fingerprint density at radius 3 is 2.58 bits per heavy atom. The van der Waals surface area contributed by atoms with E-state index in [1.807, 2.05) is 30.3 Å². The van der Waals surface area contributed by atoms with Gasteiger partial charge in [0.2, 0.25) is 5.91 Å². The van der Waals surface area contributed by atoms with Crippen molar-refractivity contribution < 1.29 is 23.8 Å². The summed E-state index contributed by atoms with van der Waals surface area (Å²) in [6.07, 6.45) is 4.96. The summed E-state index contributed by atoms with van der Waals surface area (Å²) in [6.45, 7) is 0. The number of methoxy groups -OCH3 is 1. The summed E-state index contributed by atoms with van der Waals surface area (Å²) in [6, 6.07) is 12.3. The molecule has 1 amide bonds. The van der Waals surface area contributed by atoms with Crippen molar-refractivity contribution in [1.82, 2.24) is 0 Å². The van der Waals surface area contributed by atoms with Crippen molar-refractivity contribution >= 4 is 40.2 Å². The number of carbonyl (C=O) groups excluding carboxylic acids is 1. The molecule has 0 unspecified atom stereocenters. The van der Waals surface area contributed by atoms with Crippen LogP contribution in [0.4, 0.5) is 5.69 Å². The van der Waals surface area contributed by atoms with Crippen molar-refractivity contribution in [3.63, 3.8) is 0 Å². The molecule has 1 heterocycles. The van der Waals surface area contributed by atoms with Crippen molar-refractivity contribution in [2.75, 3.05) is 12.4 Å². The fourth-order valence-electron chi connectivity index (χ4n) is 3.54. The van der Waals surface area contributed by atoms with E-state index in [2.05, 4.69) is 5.32 Å². The third-order valence-corrected chi connectivity index (χ3v) is 5.02. The zero-order valence-corrected chi connectivity index (χ0v) is 16.7. The maximum absolute atomic E-state index is 12.9. The summed E-state index contributed by atoms with van der Waals surface area (Å²) >= 11 is 0. The molecule has 0 saturated heterocycles. The molecule has 0 fully saturated rings. The highest BCUT2D eigenvalue weighted by Gasteiger charge is 2.24. The first kappa shape index (κ1) is 20.2. The van der Waals surface area contributed by atoms with Crippen LogP contribution in [0.5, 0.6) is 5.75 Å². The molecule has 0 atom stereocenters.